The lowest BCUT2D eigenvalue weighted by molar-refractivity contribution is 0.474. The Hall–Kier alpha value is -2.52. The average Bonchev–Trinajstić information content (AvgIpc) is 2.32. The second-order valence-electron chi connectivity index (χ2n) is 3.36. The van der Waals surface area contributed by atoms with Crippen LogP contribution in [0.2, 0.25) is 0 Å². The van der Waals surface area contributed by atoms with Crippen LogP contribution in [0.1, 0.15) is 11.1 Å². The third-order valence-corrected chi connectivity index (χ3v) is 1.80. The van der Waals surface area contributed by atoms with E-state index in [2.05, 4.69) is 20.4 Å². The number of halogens is 2. The van der Waals surface area contributed by atoms with E-state index in [1.54, 1.807) is 12.1 Å². The van der Waals surface area contributed by atoms with Crippen molar-refractivity contribution >= 4 is 49.2 Å². The molecule has 1 aromatic rings. The Balaban J connectivity index is 0. The zero-order valence-electron chi connectivity index (χ0n) is 10.7. The van der Waals surface area contributed by atoms with Gasteiger partial charge in [-0.2, -0.15) is 10.2 Å². The quantitative estimate of drug-likeness (QED) is 0.281. The van der Waals surface area contributed by atoms with Crippen LogP contribution < -0.4 is 22.9 Å². The van der Waals surface area contributed by atoms with Gasteiger partial charge in [-0.3, -0.25) is 0 Å². The van der Waals surface area contributed by atoms with Crippen LogP contribution in [0.5, 0.6) is 5.75 Å². The van der Waals surface area contributed by atoms with Crippen LogP contribution in [-0.4, -0.2) is 29.5 Å². The molecule has 0 bridgehead atoms. The summed E-state index contributed by atoms with van der Waals surface area (Å²) < 4.78 is 0. The topological polar surface area (TPSA) is 174 Å². The van der Waals surface area contributed by atoms with Crippen LogP contribution in [-0.2, 0) is 0 Å². The molecule has 0 heterocycles. The van der Waals surface area contributed by atoms with Crippen molar-refractivity contribution in [3.8, 4) is 5.75 Å². The average molecular weight is 335 g/mol. The Labute approximate surface area is 133 Å². The number of nitrogens with two attached hydrogens (primary N) is 4. The first-order chi connectivity index (χ1) is 8.99. The van der Waals surface area contributed by atoms with Crippen LogP contribution in [0.15, 0.2) is 38.6 Å². The van der Waals surface area contributed by atoms with Gasteiger partial charge in [0.2, 0.25) is 11.9 Å². The smallest absolute Gasteiger partial charge is 0.211 e. The first kappa shape index (κ1) is 20.8. The molecular weight excluding hydrogens is 319 g/mol. The van der Waals surface area contributed by atoms with Gasteiger partial charge >= 0.3 is 0 Å². The van der Waals surface area contributed by atoms with E-state index in [1.807, 2.05) is 0 Å². The highest BCUT2D eigenvalue weighted by Gasteiger charge is 1.99. The molecule has 1 aromatic carbocycles. The first-order valence-electron chi connectivity index (χ1n) is 5.06. The second kappa shape index (κ2) is 10.3. The minimum Gasteiger partial charge on any atom is -0.507 e. The zero-order valence-corrected chi connectivity index (χ0v) is 12.4. The number of hydrogen-bond acceptors (Lipinski definition) is 5. The Morgan fingerprint density at radius 3 is 1.95 bits per heavy atom. The molecule has 116 valence electrons. The minimum atomic E-state index is -0.179. The lowest BCUT2D eigenvalue weighted by Gasteiger charge is -1.99. The largest absolute Gasteiger partial charge is 0.507 e. The SMILES string of the molecule is Cl.Cl.NC(N)=N/N=C/c1ccc(O)c(/C=N/N=C(N)N)c1. The van der Waals surface area contributed by atoms with Crippen molar-refractivity contribution in [1.82, 2.24) is 0 Å². The summed E-state index contributed by atoms with van der Waals surface area (Å²) in [5.74, 6) is -0.306. The van der Waals surface area contributed by atoms with Gasteiger partial charge in [0, 0.05) is 5.56 Å². The number of guanidine groups is 2. The highest BCUT2D eigenvalue weighted by Crippen LogP contribution is 2.15. The molecule has 21 heavy (non-hydrogen) atoms. The Morgan fingerprint density at radius 1 is 0.905 bits per heavy atom. The van der Waals surface area contributed by atoms with E-state index < -0.39 is 0 Å². The first-order valence-corrected chi connectivity index (χ1v) is 5.06. The molecule has 0 aliphatic carbocycles. The van der Waals surface area contributed by atoms with Crippen LogP contribution in [0.25, 0.3) is 0 Å². The molecule has 0 aliphatic heterocycles. The van der Waals surface area contributed by atoms with Gasteiger partial charge in [-0.05, 0) is 23.8 Å². The highest BCUT2D eigenvalue weighted by atomic mass is 35.5. The van der Waals surface area contributed by atoms with Gasteiger partial charge in [-0.1, -0.05) is 0 Å². The lowest BCUT2D eigenvalue weighted by atomic mass is 10.1. The molecule has 0 amide bonds. The van der Waals surface area contributed by atoms with Crippen molar-refractivity contribution in [2.45, 2.75) is 0 Å². The maximum absolute atomic E-state index is 9.60. The van der Waals surface area contributed by atoms with E-state index in [9.17, 15) is 5.11 Å². The van der Waals surface area contributed by atoms with Crippen LogP contribution in [0.4, 0.5) is 0 Å². The normalized spacial score (nSPS) is 9.71. The van der Waals surface area contributed by atoms with Gasteiger partial charge in [0.15, 0.2) is 0 Å². The summed E-state index contributed by atoms with van der Waals surface area (Å²) in [5, 5.41) is 23.7. The van der Waals surface area contributed by atoms with Crippen molar-refractivity contribution < 1.29 is 5.11 Å². The molecule has 0 aliphatic rings. The molecule has 9 nitrogen and oxygen atoms in total. The standard InChI is InChI=1S/C10H14N8O.2ClH/c11-9(12)17-15-4-6-1-2-8(19)7(3-6)5-16-18-10(13)14;;/h1-5,19H,(H4,11,12,17)(H4,13,14,18);2*1H/b15-4+,16-5+;;. The summed E-state index contributed by atoms with van der Waals surface area (Å²) in [7, 11) is 0. The van der Waals surface area contributed by atoms with Crippen LogP contribution in [0, 0.1) is 0 Å². The molecule has 0 saturated carbocycles. The molecule has 9 N–H and O–H groups in total. The molecule has 0 spiro atoms. The molecule has 0 radical (unpaired) electrons. The molecule has 11 heteroatoms. The van der Waals surface area contributed by atoms with E-state index in [0.29, 0.717) is 11.1 Å². The van der Waals surface area contributed by atoms with Crippen molar-refractivity contribution in [3.63, 3.8) is 0 Å². The number of rotatable bonds is 4. The minimum absolute atomic E-state index is 0. The maximum atomic E-state index is 9.60. The molecule has 0 unspecified atom stereocenters. The molecule has 0 fully saturated rings. The van der Waals surface area contributed by atoms with Crippen LogP contribution >= 0.6 is 24.8 Å². The molecule has 0 saturated heterocycles. The van der Waals surface area contributed by atoms with Crippen molar-refractivity contribution in [2.24, 2.45) is 43.3 Å². The lowest BCUT2D eigenvalue weighted by Crippen LogP contribution is -2.21. The molecule has 0 atom stereocenters. The third kappa shape index (κ3) is 8.29. The van der Waals surface area contributed by atoms with E-state index in [0.717, 1.165) is 0 Å². The Morgan fingerprint density at radius 2 is 1.43 bits per heavy atom. The number of hydrogen-bond donors (Lipinski definition) is 5. The van der Waals surface area contributed by atoms with E-state index >= 15 is 0 Å². The van der Waals surface area contributed by atoms with Gasteiger partial charge in [0.1, 0.15) is 5.75 Å². The summed E-state index contributed by atoms with van der Waals surface area (Å²) in [6.45, 7) is 0. The van der Waals surface area contributed by atoms with Gasteiger partial charge in [0.05, 0.1) is 12.4 Å². The van der Waals surface area contributed by atoms with Gasteiger partial charge in [0.25, 0.3) is 0 Å². The highest BCUT2D eigenvalue weighted by molar-refractivity contribution is 5.89. The fraction of sp³-hybridized carbons (Fsp3) is 0. The van der Waals surface area contributed by atoms with E-state index in [1.165, 1.54) is 18.5 Å². The monoisotopic (exact) mass is 334 g/mol. The molecular formula is C10H16Cl2N8O. The number of aromatic hydroxyl groups is 1. The number of phenols is 1. The number of benzene rings is 1. The van der Waals surface area contributed by atoms with E-state index in [4.69, 9.17) is 22.9 Å². The summed E-state index contributed by atoms with van der Waals surface area (Å²) in [6, 6.07) is 4.69. The van der Waals surface area contributed by atoms with Crippen LogP contribution in [0.3, 0.4) is 0 Å². The van der Waals surface area contributed by atoms with Crippen molar-refractivity contribution in [2.75, 3.05) is 0 Å². The van der Waals surface area contributed by atoms with Crippen molar-refractivity contribution in [3.05, 3.63) is 29.3 Å². The molecule has 1 rings (SSSR count). The second-order valence-corrected chi connectivity index (χ2v) is 3.36. The van der Waals surface area contributed by atoms with E-state index in [-0.39, 0.29) is 42.5 Å². The van der Waals surface area contributed by atoms with Gasteiger partial charge in [-0.25, -0.2) is 0 Å². The number of phenolic OH excluding ortho intramolecular Hbond substituents is 1. The summed E-state index contributed by atoms with van der Waals surface area (Å²) >= 11 is 0. The van der Waals surface area contributed by atoms with Gasteiger partial charge in [-0.15, -0.1) is 35.0 Å². The fourth-order valence-corrected chi connectivity index (χ4v) is 1.08. The number of nitrogens with zero attached hydrogens (tertiary/aromatic N) is 4. The predicted molar refractivity (Wildman–Crippen MR) is 89.4 cm³/mol. The summed E-state index contributed by atoms with van der Waals surface area (Å²) in [5.41, 5.74) is 21.5. The third-order valence-electron chi connectivity index (χ3n) is 1.80. The fourth-order valence-electron chi connectivity index (χ4n) is 1.08. The Bertz CT molecular complexity index is 562. The summed E-state index contributed by atoms with van der Waals surface area (Å²) in [6.07, 6.45) is 2.71. The Kier molecular flexibility index (Phi) is 10.2. The zero-order chi connectivity index (χ0) is 14.3. The van der Waals surface area contributed by atoms with Crippen molar-refractivity contribution in [1.29, 1.82) is 0 Å². The summed E-state index contributed by atoms with van der Waals surface area (Å²) in [4.78, 5) is 0. The molecule has 0 aromatic heterocycles. The maximum Gasteiger partial charge on any atom is 0.211 e. The predicted octanol–water partition coefficient (Wildman–Crippen LogP) is -0.550. The van der Waals surface area contributed by atoms with Gasteiger partial charge < -0.3 is 28.0 Å².